The zero-order chi connectivity index (χ0) is 17.6. The van der Waals surface area contributed by atoms with Crippen LogP contribution in [0.25, 0.3) is 0 Å². The van der Waals surface area contributed by atoms with Gasteiger partial charge in [-0.1, -0.05) is 13.8 Å². The zero-order valence-electron chi connectivity index (χ0n) is 12.7. The number of nitrogens with one attached hydrogen (secondary N) is 2. The number of carbonyl (C=O) groups excluding carboxylic acids is 2. The molecule has 0 fully saturated rings. The summed E-state index contributed by atoms with van der Waals surface area (Å²) in [7, 11) is 0. The highest BCUT2D eigenvalue weighted by Crippen LogP contribution is 2.08. The maximum atomic E-state index is 13.0. The van der Waals surface area contributed by atoms with Gasteiger partial charge < -0.3 is 15.7 Å². The van der Waals surface area contributed by atoms with Crippen LogP contribution in [0.3, 0.4) is 0 Å². The van der Waals surface area contributed by atoms with E-state index in [0.29, 0.717) is 6.07 Å². The van der Waals surface area contributed by atoms with Crippen molar-refractivity contribution in [2.24, 2.45) is 5.92 Å². The second-order valence-corrected chi connectivity index (χ2v) is 5.40. The van der Waals surface area contributed by atoms with Crippen molar-refractivity contribution in [1.29, 1.82) is 0 Å². The van der Waals surface area contributed by atoms with Crippen molar-refractivity contribution in [3.8, 4) is 0 Å². The van der Waals surface area contributed by atoms with Crippen molar-refractivity contribution in [2.75, 3.05) is 6.54 Å². The number of carboxylic acid groups (broad SMARTS) is 1. The van der Waals surface area contributed by atoms with E-state index in [-0.39, 0.29) is 17.9 Å². The van der Waals surface area contributed by atoms with E-state index in [0.717, 1.165) is 12.1 Å². The average molecular weight is 328 g/mol. The number of hydrogen-bond acceptors (Lipinski definition) is 3. The van der Waals surface area contributed by atoms with Gasteiger partial charge in [0.2, 0.25) is 5.91 Å². The molecule has 1 aromatic carbocycles. The minimum Gasteiger partial charge on any atom is -0.480 e. The first-order chi connectivity index (χ1) is 10.7. The average Bonchev–Trinajstić information content (AvgIpc) is 2.46. The molecule has 1 rings (SSSR count). The van der Waals surface area contributed by atoms with Gasteiger partial charge in [-0.25, -0.2) is 13.6 Å². The van der Waals surface area contributed by atoms with Crippen LogP contribution in [0.1, 0.15) is 30.6 Å². The summed E-state index contributed by atoms with van der Waals surface area (Å²) in [6, 6.07) is 1.53. The fourth-order valence-electron chi connectivity index (χ4n) is 1.84. The number of aliphatic carboxylic acids is 1. The Kier molecular flexibility index (Phi) is 6.62. The first-order valence-electron chi connectivity index (χ1n) is 6.96. The molecule has 6 nitrogen and oxygen atoms in total. The van der Waals surface area contributed by atoms with Crippen LogP contribution < -0.4 is 10.6 Å². The Balaban J connectivity index is 2.56. The van der Waals surface area contributed by atoms with Crippen molar-refractivity contribution < 1.29 is 28.3 Å². The molecule has 0 aliphatic rings. The molecule has 0 saturated heterocycles. The lowest BCUT2D eigenvalue weighted by molar-refractivity contribution is -0.142. The highest BCUT2D eigenvalue weighted by molar-refractivity contribution is 5.96. The molecule has 0 radical (unpaired) electrons. The summed E-state index contributed by atoms with van der Waals surface area (Å²) in [6.07, 6.45) is 0.248. The summed E-state index contributed by atoms with van der Waals surface area (Å²) in [4.78, 5) is 34.4. The normalized spacial score (nSPS) is 11.9. The largest absolute Gasteiger partial charge is 0.480 e. The van der Waals surface area contributed by atoms with E-state index in [1.54, 1.807) is 0 Å². The van der Waals surface area contributed by atoms with Crippen molar-refractivity contribution in [3.05, 3.63) is 35.4 Å². The number of carboxylic acids is 1. The molecule has 1 atom stereocenters. The van der Waals surface area contributed by atoms with Gasteiger partial charge in [0.05, 0.1) is 6.54 Å². The van der Waals surface area contributed by atoms with Crippen LogP contribution in [0.4, 0.5) is 8.78 Å². The van der Waals surface area contributed by atoms with E-state index in [1.165, 1.54) is 0 Å². The zero-order valence-corrected chi connectivity index (χ0v) is 12.7. The van der Waals surface area contributed by atoms with Crippen LogP contribution in [-0.2, 0) is 9.59 Å². The summed E-state index contributed by atoms with van der Waals surface area (Å²) in [5, 5.41) is 13.5. The van der Waals surface area contributed by atoms with Crippen LogP contribution in [0.2, 0.25) is 0 Å². The Morgan fingerprint density at radius 1 is 1.17 bits per heavy atom. The molecule has 0 bridgehead atoms. The smallest absolute Gasteiger partial charge is 0.326 e. The molecule has 3 N–H and O–H groups in total. The molecule has 0 unspecified atom stereocenters. The van der Waals surface area contributed by atoms with Crippen LogP contribution in [0.15, 0.2) is 18.2 Å². The van der Waals surface area contributed by atoms with Crippen LogP contribution in [-0.4, -0.2) is 35.5 Å². The third-order valence-electron chi connectivity index (χ3n) is 2.93. The van der Waals surface area contributed by atoms with Gasteiger partial charge in [0, 0.05) is 5.56 Å². The molecule has 0 heterocycles. The van der Waals surface area contributed by atoms with Crippen molar-refractivity contribution in [2.45, 2.75) is 26.3 Å². The highest BCUT2D eigenvalue weighted by atomic mass is 19.2. The molecule has 8 heteroatoms. The number of halogens is 2. The van der Waals surface area contributed by atoms with Gasteiger partial charge >= 0.3 is 5.97 Å². The molecule has 0 aliphatic carbocycles. The summed E-state index contributed by atoms with van der Waals surface area (Å²) in [5.74, 6) is -4.82. The molecule has 23 heavy (non-hydrogen) atoms. The summed E-state index contributed by atoms with van der Waals surface area (Å²) in [6.45, 7) is 3.15. The molecular formula is C15H18F2N2O4. The fourth-order valence-corrected chi connectivity index (χ4v) is 1.84. The van der Waals surface area contributed by atoms with Crippen LogP contribution in [0, 0.1) is 17.6 Å². The minimum atomic E-state index is -1.18. The molecule has 0 saturated carbocycles. The molecule has 2 amide bonds. The van der Waals surface area contributed by atoms with Crippen molar-refractivity contribution >= 4 is 17.8 Å². The van der Waals surface area contributed by atoms with Crippen LogP contribution >= 0.6 is 0 Å². The lowest BCUT2D eigenvalue weighted by Crippen LogP contribution is -2.46. The second kappa shape index (κ2) is 8.21. The summed E-state index contributed by atoms with van der Waals surface area (Å²) in [5.41, 5.74) is -0.145. The predicted octanol–water partition coefficient (Wildman–Crippen LogP) is 1.31. The number of amides is 2. The molecule has 126 valence electrons. The Hall–Kier alpha value is -2.51. The first kappa shape index (κ1) is 18.5. The molecular weight excluding hydrogens is 310 g/mol. The Bertz CT molecular complexity index is 605. The van der Waals surface area contributed by atoms with E-state index in [9.17, 15) is 23.2 Å². The monoisotopic (exact) mass is 328 g/mol. The standard InChI is InChI=1S/C15H18F2N2O4/c1-8(2)5-12(15(22)23)19-13(20)7-18-14(21)9-3-4-10(16)11(17)6-9/h3-4,6,8,12H,5,7H2,1-2H3,(H,18,21)(H,19,20)(H,22,23)/t12-/m0/s1. The van der Waals surface area contributed by atoms with Gasteiger partial charge in [-0.15, -0.1) is 0 Å². The second-order valence-electron chi connectivity index (χ2n) is 5.40. The van der Waals surface area contributed by atoms with E-state index in [2.05, 4.69) is 10.6 Å². The van der Waals surface area contributed by atoms with Gasteiger partial charge in [-0.2, -0.15) is 0 Å². The van der Waals surface area contributed by atoms with Crippen molar-refractivity contribution in [1.82, 2.24) is 10.6 Å². The lowest BCUT2D eigenvalue weighted by atomic mass is 10.0. The molecule has 1 aromatic rings. The van der Waals surface area contributed by atoms with Crippen molar-refractivity contribution in [3.63, 3.8) is 0 Å². The van der Waals surface area contributed by atoms with E-state index < -0.39 is 42.0 Å². The Labute approximate surface area is 131 Å². The summed E-state index contributed by atoms with van der Waals surface area (Å²) < 4.78 is 25.8. The van der Waals surface area contributed by atoms with Gasteiger partial charge in [0.15, 0.2) is 11.6 Å². The van der Waals surface area contributed by atoms with E-state index in [1.807, 2.05) is 13.8 Å². The SMILES string of the molecule is CC(C)C[C@H](NC(=O)CNC(=O)c1ccc(F)c(F)c1)C(=O)O. The number of benzene rings is 1. The number of carbonyl (C=O) groups is 3. The molecule has 0 aliphatic heterocycles. The van der Waals surface area contributed by atoms with Gasteiger partial charge in [-0.3, -0.25) is 9.59 Å². The Morgan fingerprint density at radius 2 is 1.83 bits per heavy atom. The number of rotatable bonds is 7. The third-order valence-corrected chi connectivity index (χ3v) is 2.93. The first-order valence-corrected chi connectivity index (χ1v) is 6.96. The minimum absolute atomic E-state index is 0.0631. The Morgan fingerprint density at radius 3 is 2.35 bits per heavy atom. The van der Waals surface area contributed by atoms with E-state index >= 15 is 0 Å². The third kappa shape index (κ3) is 6.01. The maximum Gasteiger partial charge on any atom is 0.326 e. The maximum absolute atomic E-state index is 13.0. The highest BCUT2D eigenvalue weighted by Gasteiger charge is 2.21. The number of hydrogen-bond donors (Lipinski definition) is 3. The van der Waals surface area contributed by atoms with Gasteiger partial charge in [-0.05, 0) is 30.5 Å². The quantitative estimate of drug-likeness (QED) is 0.703. The molecule has 0 aromatic heterocycles. The topological polar surface area (TPSA) is 95.5 Å². The molecule has 0 spiro atoms. The summed E-state index contributed by atoms with van der Waals surface area (Å²) >= 11 is 0. The van der Waals surface area contributed by atoms with Gasteiger partial charge in [0.1, 0.15) is 6.04 Å². The van der Waals surface area contributed by atoms with Crippen LogP contribution in [0.5, 0.6) is 0 Å². The van der Waals surface area contributed by atoms with E-state index in [4.69, 9.17) is 5.11 Å². The fraction of sp³-hybridized carbons (Fsp3) is 0.400. The predicted molar refractivity (Wildman–Crippen MR) is 77.7 cm³/mol. The lowest BCUT2D eigenvalue weighted by Gasteiger charge is -2.16. The van der Waals surface area contributed by atoms with Gasteiger partial charge in [0.25, 0.3) is 5.91 Å².